The van der Waals surface area contributed by atoms with E-state index in [1.165, 1.54) is 22.7 Å². The van der Waals surface area contributed by atoms with E-state index in [4.69, 9.17) is 9.47 Å². The minimum atomic E-state index is -0.566. The van der Waals surface area contributed by atoms with Gasteiger partial charge < -0.3 is 14.8 Å². The Labute approximate surface area is 186 Å². The Morgan fingerprint density at radius 3 is 2.81 bits per heavy atom. The maximum Gasteiger partial charge on any atom is 0.338 e. The number of nitrogens with zero attached hydrogens (tertiary/aromatic N) is 2. The van der Waals surface area contributed by atoms with Crippen LogP contribution in [0.15, 0.2) is 62.8 Å². The Morgan fingerprint density at radius 2 is 2.10 bits per heavy atom. The van der Waals surface area contributed by atoms with E-state index in [9.17, 15) is 9.59 Å². The van der Waals surface area contributed by atoms with Gasteiger partial charge in [-0.3, -0.25) is 9.36 Å². The number of anilines is 1. The third-order valence-corrected chi connectivity index (χ3v) is 6.70. The van der Waals surface area contributed by atoms with Gasteiger partial charge >= 0.3 is 5.97 Å². The first-order valence-corrected chi connectivity index (χ1v) is 11.4. The number of rotatable bonds is 6. The molecule has 0 radical (unpaired) electrons. The minimum absolute atomic E-state index is 0.223. The highest BCUT2D eigenvalue weighted by atomic mass is 32.1. The summed E-state index contributed by atoms with van der Waals surface area (Å²) in [6, 6.07) is 10.7. The smallest absolute Gasteiger partial charge is 0.338 e. The van der Waals surface area contributed by atoms with E-state index >= 15 is 0 Å². The van der Waals surface area contributed by atoms with Crippen LogP contribution in [-0.4, -0.2) is 24.3 Å². The molecular formula is C22H21N3O4S2. The fraction of sp³-hybridized carbons (Fsp3) is 0.227. The SMILES string of the molecule is CCOC(=O)C1=C(C)N=c2s/c(=C\Nc3ccccc3OC)c(=O)n2[C@@H]1c1cccs1. The molecule has 31 heavy (non-hydrogen) atoms. The van der Waals surface area contributed by atoms with Crippen molar-refractivity contribution in [2.75, 3.05) is 19.0 Å². The van der Waals surface area contributed by atoms with E-state index in [2.05, 4.69) is 10.3 Å². The molecule has 1 atom stereocenters. The quantitative estimate of drug-likeness (QED) is 0.578. The number of methoxy groups -OCH3 is 1. The first-order valence-electron chi connectivity index (χ1n) is 9.66. The van der Waals surface area contributed by atoms with Crippen molar-refractivity contribution in [3.63, 3.8) is 0 Å². The number of esters is 1. The molecule has 0 bridgehead atoms. The van der Waals surface area contributed by atoms with Crippen LogP contribution in [0, 0.1) is 0 Å². The van der Waals surface area contributed by atoms with Gasteiger partial charge in [-0.15, -0.1) is 11.3 Å². The molecule has 0 saturated heterocycles. The lowest BCUT2D eigenvalue weighted by atomic mass is 10.0. The van der Waals surface area contributed by atoms with Gasteiger partial charge in [-0.05, 0) is 37.4 Å². The molecule has 3 aromatic rings. The van der Waals surface area contributed by atoms with Crippen LogP contribution in [0.5, 0.6) is 5.75 Å². The predicted octanol–water partition coefficient (Wildman–Crippen LogP) is 2.89. The summed E-state index contributed by atoms with van der Waals surface area (Å²) in [4.78, 5) is 32.1. The zero-order valence-electron chi connectivity index (χ0n) is 17.2. The summed E-state index contributed by atoms with van der Waals surface area (Å²) in [6.07, 6.45) is 1.65. The average molecular weight is 456 g/mol. The number of hydrogen-bond donors (Lipinski definition) is 1. The molecular weight excluding hydrogens is 434 g/mol. The molecule has 0 amide bonds. The van der Waals surface area contributed by atoms with Crippen LogP contribution in [0.1, 0.15) is 24.8 Å². The normalized spacial score (nSPS) is 16.0. The van der Waals surface area contributed by atoms with Crippen LogP contribution in [-0.2, 0) is 9.53 Å². The van der Waals surface area contributed by atoms with Crippen LogP contribution in [0.25, 0.3) is 6.20 Å². The van der Waals surface area contributed by atoms with E-state index in [1.54, 1.807) is 31.7 Å². The molecule has 0 saturated carbocycles. The molecule has 160 valence electrons. The second kappa shape index (κ2) is 8.91. The van der Waals surface area contributed by atoms with Crippen molar-refractivity contribution < 1.29 is 14.3 Å². The number of aromatic nitrogens is 1. The number of nitrogens with one attached hydrogen (secondary N) is 1. The van der Waals surface area contributed by atoms with Gasteiger partial charge in [0.2, 0.25) is 0 Å². The molecule has 0 spiro atoms. The van der Waals surface area contributed by atoms with E-state index in [1.807, 2.05) is 41.8 Å². The Hall–Kier alpha value is -3.17. The fourth-order valence-corrected chi connectivity index (χ4v) is 5.21. The van der Waals surface area contributed by atoms with Crippen molar-refractivity contribution in [3.8, 4) is 5.75 Å². The van der Waals surface area contributed by atoms with Gasteiger partial charge in [0.05, 0.1) is 30.7 Å². The van der Waals surface area contributed by atoms with Crippen LogP contribution in [0.3, 0.4) is 0 Å². The largest absolute Gasteiger partial charge is 0.495 e. The fourth-order valence-electron chi connectivity index (χ4n) is 3.41. The summed E-state index contributed by atoms with van der Waals surface area (Å²) in [5.74, 6) is 0.215. The first kappa shape index (κ1) is 21.1. The van der Waals surface area contributed by atoms with Crippen molar-refractivity contribution in [2.24, 2.45) is 4.99 Å². The number of benzene rings is 1. The topological polar surface area (TPSA) is 81.9 Å². The molecule has 0 aliphatic carbocycles. The number of hydrogen-bond acceptors (Lipinski definition) is 8. The minimum Gasteiger partial charge on any atom is -0.495 e. The summed E-state index contributed by atoms with van der Waals surface area (Å²) >= 11 is 2.76. The lowest BCUT2D eigenvalue weighted by Crippen LogP contribution is -2.39. The van der Waals surface area contributed by atoms with Gasteiger partial charge in [-0.1, -0.05) is 29.5 Å². The molecule has 1 aliphatic heterocycles. The Morgan fingerprint density at radius 1 is 1.29 bits per heavy atom. The van der Waals surface area contributed by atoms with Crippen molar-refractivity contribution >= 4 is 40.5 Å². The van der Waals surface area contributed by atoms with E-state index in [0.29, 0.717) is 26.4 Å². The molecule has 7 nitrogen and oxygen atoms in total. The van der Waals surface area contributed by atoms with Crippen molar-refractivity contribution in [3.05, 3.63) is 77.6 Å². The van der Waals surface area contributed by atoms with Gasteiger partial charge in [-0.2, -0.15) is 0 Å². The number of thiazole rings is 1. The summed E-state index contributed by atoms with van der Waals surface area (Å²) in [5, 5.41) is 5.07. The van der Waals surface area contributed by atoms with Gasteiger partial charge in [0.25, 0.3) is 5.56 Å². The monoisotopic (exact) mass is 455 g/mol. The van der Waals surface area contributed by atoms with Crippen LogP contribution < -0.4 is 24.9 Å². The number of carbonyl (C=O) groups excluding carboxylic acids is 1. The molecule has 9 heteroatoms. The summed E-state index contributed by atoms with van der Waals surface area (Å²) < 4.78 is 12.7. The highest BCUT2D eigenvalue weighted by Crippen LogP contribution is 2.33. The van der Waals surface area contributed by atoms with Crippen molar-refractivity contribution in [2.45, 2.75) is 19.9 Å². The maximum absolute atomic E-state index is 13.4. The lowest BCUT2D eigenvalue weighted by Gasteiger charge is -2.23. The van der Waals surface area contributed by atoms with Crippen LogP contribution in [0.2, 0.25) is 0 Å². The lowest BCUT2D eigenvalue weighted by molar-refractivity contribution is -0.139. The third-order valence-electron chi connectivity index (χ3n) is 4.80. The van der Waals surface area contributed by atoms with Crippen molar-refractivity contribution in [1.82, 2.24) is 4.57 Å². The summed E-state index contributed by atoms with van der Waals surface area (Å²) in [7, 11) is 1.59. The molecule has 3 heterocycles. The number of ether oxygens (including phenoxy) is 2. The molecule has 4 rings (SSSR count). The highest BCUT2D eigenvalue weighted by Gasteiger charge is 2.33. The summed E-state index contributed by atoms with van der Waals surface area (Å²) in [6.45, 7) is 3.78. The third kappa shape index (κ3) is 3.94. The zero-order chi connectivity index (χ0) is 22.0. The van der Waals surface area contributed by atoms with E-state index < -0.39 is 12.0 Å². The molecule has 2 aromatic heterocycles. The number of carbonyl (C=O) groups is 1. The molecule has 1 N–H and O–H groups in total. The Balaban J connectivity index is 1.84. The summed E-state index contributed by atoms with van der Waals surface area (Å²) in [5.41, 5.74) is 1.47. The highest BCUT2D eigenvalue weighted by molar-refractivity contribution is 7.10. The standard InChI is InChI=1S/C22H21N3O4S2/c1-4-29-21(27)18-13(2)24-22-25(19(18)16-10-7-11-30-16)20(26)17(31-22)12-23-14-8-5-6-9-15(14)28-3/h5-12,19,23H,4H2,1-3H3/b17-12-/t19-/m1/s1. The maximum atomic E-state index is 13.4. The van der Waals surface area contributed by atoms with Gasteiger partial charge in [0.1, 0.15) is 16.3 Å². The molecule has 0 unspecified atom stereocenters. The number of thiophene rings is 1. The van der Waals surface area contributed by atoms with Gasteiger partial charge in [0.15, 0.2) is 4.80 Å². The molecule has 1 aliphatic rings. The van der Waals surface area contributed by atoms with Gasteiger partial charge in [-0.25, -0.2) is 9.79 Å². The number of allylic oxidation sites excluding steroid dienone is 1. The van der Waals surface area contributed by atoms with Crippen molar-refractivity contribution in [1.29, 1.82) is 0 Å². The van der Waals surface area contributed by atoms with Crippen LogP contribution >= 0.6 is 22.7 Å². The van der Waals surface area contributed by atoms with E-state index in [-0.39, 0.29) is 12.2 Å². The van der Waals surface area contributed by atoms with E-state index in [0.717, 1.165) is 10.6 Å². The molecule has 1 aromatic carbocycles. The Kier molecular flexibility index (Phi) is 6.06. The first-order chi connectivity index (χ1) is 15.0. The molecule has 0 fully saturated rings. The Bertz CT molecular complexity index is 1320. The number of para-hydroxylation sites is 2. The average Bonchev–Trinajstić information content (AvgIpc) is 3.40. The predicted molar refractivity (Wildman–Crippen MR) is 122 cm³/mol. The second-order valence-electron chi connectivity index (χ2n) is 6.66. The van der Waals surface area contributed by atoms with Crippen LogP contribution in [0.4, 0.5) is 5.69 Å². The number of fused-ring (bicyclic) bond motifs is 1. The van der Waals surface area contributed by atoms with Gasteiger partial charge in [0, 0.05) is 11.1 Å². The zero-order valence-corrected chi connectivity index (χ0v) is 18.9. The second-order valence-corrected chi connectivity index (χ2v) is 8.65.